The Morgan fingerprint density at radius 2 is 1.09 bits per heavy atom. The van der Waals surface area contributed by atoms with Crippen molar-refractivity contribution in [3.05, 3.63) is 0 Å². The van der Waals surface area contributed by atoms with E-state index in [1.54, 1.807) is 21.3 Å². The zero-order valence-corrected chi connectivity index (χ0v) is 9.10. The summed E-state index contributed by atoms with van der Waals surface area (Å²) < 4.78 is 8.79. The van der Waals surface area contributed by atoms with E-state index in [1.165, 1.54) is 0 Å². The molecular weight excluding hydrogens is 140 g/mol. The number of ether oxygens (including phenoxy) is 2. The van der Waals surface area contributed by atoms with E-state index in [0.717, 1.165) is 12.5 Å². The molecule has 0 saturated carbocycles. The first kappa shape index (κ1) is 17.1. The highest BCUT2D eigenvalue weighted by Gasteiger charge is 1.68. The monoisotopic (exact) mass is 164 g/mol. The fourth-order valence-electron chi connectivity index (χ4n) is 0. The van der Waals surface area contributed by atoms with Crippen molar-refractivity contribution in [3.8, 4) is 0 Å². The molecule has 0 atom stereocenters. The Balaban J connectivity index is -0.0000000886. The first-order chi connectivity index (χ1) is 5.06. The van der Waals surface area contributed by atoms with E-state index < -0.39 is 0 Å². The lowest BCUT2D eigenvalue weighted by Gasteiger charge is -1.79. The molecule has 2 heteroatoms. The van der Waals surface area contributed by atoms with Crippen molar-refractivity contribution < 1.29 is 9.47 Å². The molecule has 72 valence electrons. The van der Waals surface area contributed by atoms with Gasteiger partial charge < -0.3 is 9.47 Å². The first-order valence-electron chi connectivity index (χ1n) is 3.95. The third-order valence-electron chi connectivity index (χ3n) is 0.289. The summed E-state index contributed by atoms with van der Waals surface area (Å²) in [6.07, 6.45) is 0. The SMILES string of the molecule is CC(C)C.CCOC.COC. The minimum atomic E-state index is 0.819. The molecule has 0 heterocycles. The molecule has 0 aromatic heterocycles. The molecule has 0 aromatic rings. The molecule has 0 spiro atoms. The van der Waals surface area contributed by atoms with Gasteiger partial charge in [-0.3, -0.25) is 0 Å². The topological polar surface area (TPSA) is 18.5 Å². The predicted molar refractivity (Wildman–Crippen MR) is 51.0 cm³/mol. The largest absolute Gasteiger partial charge is 0.388 e. The summed E-state index contributed by atoms with van der Waals surface area (Å²) in [5, 5.41) is 0. The van der Waals surface area contributed by atoms with Gasteiger partial charge in [0.15, 0.2) is 0 Å². The van der Waals surface area contributed by atoms with Crippen LogP contribution in [0.3, 0.4) is 0 Å². The van der Waals surface area contributed by atoms with Crippen molar-refractivity contribution in [3.63, 3.8) is 0 Å². The normalized spacial score (nSPS) is 7.64. The molecule has 0 aliphatic carbocycles. The minimum absolute atomic E-state index is 0.819. The van der Waals surface area contributed by atoms with Crippen LogP contribution in [-0.4, -0.2) is 27.9 Å². The van der Waals surface area contributed by atoms with Gasteiger partial charge in [-0.1, -0.05) is 20.8 Å². The van der Waals surface area contributed by atoms with Gasteiger partial charge in [-0.2, -0.15) is 0 Å². The predicted octanol–water partition coefficient (Wildman–Crippen LogP) is 2.58. The highest BCUT2D eigenvalue weighted by molar-refractivity contribution is 4.20. The van der Waals surface area contributed by atoms with Gasteiger partial charge in [0.1, 0.15) is 0 Å². The standard InChI is InChI=1S/C4H10.C3H8O.C2H6O/c1-4(2)3;1-3-4-2;1-3-2/h4H,1-3H3;3H2,1-2H3;1-2H3. The zero-order valence-electron chi connectivity index (χ0n) is 9.10. The Labute approximate surface area is 71.9 Å². The van der Waals surface area contributed by atoms with Crippen LogP contribution in [0.2, 0.25) is 0 Å². The highest BCUT2D eigenvalue weighted by Crippen LogP contribution is 1.81. The van der Waals surface area contributed by atoms with E-state index in [0.29, 0.717) is 0 Å². The van der Waals surface area contributed by atoms with Gasteiger partial charge in [-0.05, 0) is 12.8 Å². The quantitative estimate of drug-likeness (QED) is 0.593. The molecule has 0 rings (SSSR count). The third kappa shape index (κ3) is 735. The van der Waals surface area contributed by atoms with Crippen molar-refractivity contribution in [2.24, 2.45) is 5.92 Å². The second-order valence-electron chi connectivity index (χ2n) is 2.72. The average Bonchev–Trinajstić information content (AvgIpc) is 1.88. The maximum Gasteiger partial charge on any atom is 0.0433 e. The Hall–Kier alpha value is -0.0800. The van der Waals surface area contributed by atoms with Crippen LogP contribution in [-0.2, 0) is 9.47 Å². The van der Waals surface area contributed by atoms with Crippen molar-refractivity contribution in [1.82, 2.24) is 0 Å². The van der Waals surface area contributed by atoms with Gasteiger partial charge in [0.2, 0.25) is 0 Å². The van der Waals surface area contributed by atoms with E-state index >= 15 is 0 Å². The molecular formula is C9H24O2. The molecule has 0 amide bonds. The van der Waals surface area contributed by atoms with Crippen LogP contribution < -0.4 is 0 Å². The van der Waals surface area contributed by atoms with Gasteiger partial charge in [-0.15, -0.1) is 0 Å². The Morgan fingerprint density at radius 3 is 1.09 bits per heavy atom. The van der Waals surface area contributed by atoms with Gasteiger partial charge in [0.25, 0.3) is 0 Å². The van der Waals surface area contributed by atoms with Crippen LogP contribution in [0.5, 0.6) is 0 Å². The van der Waals surface area contributed by atoms with Crippen LogP contribution in [0.15, 0.2) is 0 Å². The van der Waals surface area contributed by atoms with E-state index in [2.05, 4.69) is 30.2 Å². The number of methoxy groups -OCH3 is 2. The van der Waals surface area contributed by atoms with Crippen molar-refractivity contribution in [2.45, 2.75) is 27.7 Å². The Morgan fingerprint density at radius 1 is 1.00 bits per heavy atom. The fraction of sp³-hybridized carbons (Fsp3) is 1.00. The molecule has 2 nitrogen and oxygen atoms in total. The number of hydrogen-bond donors (Lipinski definition) is 0. The fourth-order valence-corrected chi connectivity index (χ4v) is 0. The summed E-state index contributed by atoms with van der Waals surface area (Å²) in [6, 6.07) is 0. The van der Waals surface area contributed by atoms with E-state index in [1.807, 2.05) is 6.92 Å². The van der Waals surface area contributed by atoms with Crippen LogP contribution in [0.25, 0.3) is 0 Å². The van der Waals surface area contributed by atoms with Crippen LogP contribution >= 0.6 is 0 Å². The Kier molecular flexibility index (Phi) is 35.1. The second-order valence-corrected chi connectivity index (χ2v) is 2.72. The molecule has 0 bridgehead atoms. The minimum Gasteiger partial charge on any atom is -0.388 e. The first-order valence-corrected chi connectivity index (χ1v) is 3.95. The third-order valence-corrected chi connectivity index (χ3v) is 0.289. The molecule has 0 fully saturated rings. The molecule has 11 heavy (non-hydrogen) atoms. The summed E-state index contributed by atoms with van der Waals surface area (Å²) >= 11 is 0. The molecule has 0 aliphatic rings. The van der Waals surface area contributed by atoms with E-state index in [9.17, 15) is 0 Å². The van der Waals surface area contributed by atoms with Crippen molar-refractivity contribution in [2.75, 3.05) is 27.9 Å². The molecule has 0 radical (unpaired) electrons. The van der Waals surface area contributed by atoms with Crippen LogP contribution in [0, 0.1) is 5.92 Å². The summed E-state index contributed by atoms with van der Waals surface area (Å²) in [7, 11) is 4.93. The van der Waals surface area contributed by atoms with Gasteiger partial charge >= 0.3 is 0 Å². The average molecular weight is 164 g/mol. The van der Waals surface area contributed by atoms with Gasteiger partial charge in [0.05, 0.1) is 0 Å². The van der Waals surface area contributed by atoms with Gasteiger partial charge in [0, 0.05) is 27.9 Å². The van der Waals surface area contributed by atoms with Crippen LogP contribution in [0.4, 0.5) is 0 Å². The van der Waals surface area contributed by atoms with E-state index in [-0.39, 0.29) is 0 Å². The summed E-state index contributed by atoms with van der Waals surface area (Å²) in [5.41, 5.74) is 0. The van der Waals surface area contributed by atoms with Crippen molar-refractivity contribution in [1.29, 1.82) is 0 Å². The lowest BCUT2D eigenvalue weighted by Crippen LogP contribution is -1.73. The molecule has 0 aliphatic heterocycles. The number of rotatable bonds is 1. The van der Waals surface area contributed by atoms with Gasteiger partial charge in [-0.25, -0.2) is 0 Å². The molecule has 0 aromatic carbocycles. The van der Waals surface area contributed by atoms with Crippen LogP contribution in [0.1, 0.15) is 27.7 Å². The van der Waals surface area contributed by atoms with Crippen molar-refractivity contribution >= 4 is 0 Å². The maximum absolute atomic E-state index is 4.54. The second kappa shape index (κ2) is 22.5. The molecule has 0 unspecified atom stereocenters. The molecule has 0 saturated heterocycles. The zero-order chi connectivity index (χ0) is 9.70. The van der Waals surface area contributed by atoms with E-state index in [4.69, 9.17) is 0 Å². The lowest BCUT2D eigenvalue weighted by molar-refractivity contribution is 0.215. The Bertz CT molecular complexity index is 31.8. The maximum atomic E-state index is 4.54. The summed E-state index contributed by atoms with van der Waals surface area (Å²) in [6.45, 7) is 9.28. The molecule has 0 N–H and O–H groups in total. The number of hydrogen-bond acceptors (Lipinski definition) is 2. The lowest BCUT2D eigenvalue weighted by atomic mass is 10.3. The smallest absolute Gasteiger partial charge is 0.0433 e. The summed E-state index contributed by atoms with van der Waals surface area (Å²) in [5.74, 6) is 0.833. The summed E-state index contributed by atoms with van der Waals surface area (Å²) in [4.78, 5) is 0. The highest BCUT2D eigenvalue weighted by atomic mass is 16.5.